The van der Waals surface area contributed by atoms with E-state index in [2.05, 4.69) is 0 Å². The minimum atomic E-state index is -0.604. The molecule has 21 heavy (non-hydrogen) atoms. The molecule has 0 aromatic heterocycles. The molecule has 0 aliphatic heterocycles. The topological polar surface area (TPSA) is 85.4 Å². The summed E-state index contributed by atoms with van der Waals surface area (Å²) in [5.41, 5.74) is 0.636. The van der Waals surface area contributed by atoms with Gasteiger partial charge in [-0.3, -0.25) is 10.1 Å². The van der Waals surface area contributed by atoms with Crippen molar-refractivity contribution in [1.82, 2.24) is 0 Å². The number of rotatable bonds is 4. The van der Waals surface area contributed by atoms with E-state index in [1.807, 2.05) is 12.1 Å². The van der Waals surface area contributed by atoms with Crippen LogP contribution in [0.1, 0.15) is 5.56 Å². The van der Waals surface area contributed by atoms with Gasteiger partial charge < -0.3 is 9.47 Å². The molecular weight excluding hydrogens is 272 g/mol. The van der Waals surface area contributed by atoms with E-state index in [9.17, 15) is 15.4 Å². The molecule has 6 nitrogen and oxygen atoms in total. The molecule has 2 rings (SSSR count). The second-order valence-electron chi connectivity index (χ2n) is 4.12. The van der Waals surface area contributed by atoms with Gasteiger partial charge in [-0.1, -0.05) is 30.3 Å². The molecule has 0 atom stereocenters. The average molecular weight is 284 g/mol. The van der Waals surface area contributed by atoms with Crippen molar-refractivity contribution in [2.24, 2.45) is 0 Å². The molecule has 6 heteroatoms. The molecule has 0 saturated heterocycles. The molecule has 0 bridgehead atoms. The Bertz CT molecular complexity index is 721. The average Bonchev–Trinajstić information content (AvgIpc) is 2.53. The predicted molar refractivity (Wildman–Crippen MR) is 76.4 cm³/mol. The minimum Gasteiger partial charge on any atom is -0.493 e. The monoisotopic (exact) mass is 284 g/mol. The molecule has 0 aliphatic carbocycles. The van der Waals surface area contributed by atoms with E-state index in [0.29, 0.717) is 16.9 Å². The van der Waals surface area contributed by atoms with E-state index in [4.69, 9.17) is 9.47 Å². The van der Waals surface area contributed by atoms with Crippen LogP contribution in [-0.4, -0.2) is 19.1 Å². The van der Waals surface area contributed by atoms with Gasteiger partial charge in [0.2, 0.25) is 0 Å². The van der Waals surface area contributed by atoms with Crippen LogP contribution in [0.4, 0.5) is 5.69 Å². The van der Waals surface area contributed by atoms with Crippen LogP contribution in [0.25, 0.3) is 11.1 Å². The predicted octanol–water partition coefficient (Wildman–Crippen LogP) is 3.15. The maximum absolute atomic E-state index is 11.2. The van der Waals surface area contributed by atoms with E-state index in [1.54, 1.807) is 24.3 Å². The van der Waals surface area contributed by atoms with Crippen LogP contribution in [0, 0.1) is 21.4 Å². The number of nitro benzene ring substituents is 1. The van der Waals surface area contributed by atoms with Crippen LogP contribution in [-0.2, 0) is 0 Å². The third-order valence-electron chi connectivity index (χ3n) is 3.02. The fourth-order valence-corrected chi connectivity index (χ4v) is 2.12. The van der Waals surface area contributed by atoms with Gasteiger partial charge in [-0.15, -0.1) is 0 Å². The van der Waals surface area contributed by atoms with Gasteiger partial charge >= 0.3 is 0 Å². The lowest BCUT2D eigenvalue weighted by molar-refractivity contribution is -0.385. The van der Waals surface area contributed by atoms with Crippen molar-refractivity contribution in [1.29, 1.82) is 5.26 Å². The van der Waals surface area contributed by atoms with Gasteiger partial charge in [0.25, 0.3) is 5.69 Å². The lowest BCUT2D eigenvalue weighted by atomic mass is 9.97. The molecular formula is C15H12N2O4. The first-order chi connectivity index (χ1) is 10.1. The number of hydrogen-bond donors (Lipinski definition) is 0. The highest BCUT2D eigenvalue weighted by Gasteiger charge is 2.26. The van der Waals surface area contributed by atoms with Crippen LogP contribution >= 0.6 is 0 Å². The highest BCUT2D eigenvalue weighted by Crippen LogP contribution is 2.44. The summed E-state index contributed by atoms with van der Waals surface area (Å²) in [6.45, 7) is 0. The lowest BCUT2D eigenvalue weighted by Crippen LogP contribution is -2.01. The Kier molecular flexibility index (Phi) is 4.05. The van der Waals surface area contributed by atoms with Gasteiger partial charge in [0.05, 0.1) is 30.8 Å². The zero-order valence-corrected chi connectivity index (χ0v) is 11.5. The highest BCUT2D eigenvalue weighted by molar-refractivity contribution is 5.83. The zero-order chi connectivity index (χ0) is 15.4. The van der Waals surface area contributed by atoms with Gasteiger partial charge in [0.15, 0.2) is 11.5 Å². The quantitative estimate of drug-likeness (QED) is 0.636. The molecule has 2 aromatic carbocycles. The fourth-order valence-electron chi connectivity index (χ4n) is 2.12. The van der Waals surface area contributed by atoms with Crippen molar-refractivity contribution in [3.63, 3.8) is 0 Å². The smallest absolute Gasteiger partial charge is 0.291 e. The molecule has 0 unspecified atom stereocenters. The Balaban J connectivity index is 2.91. The molecule has 0 fully saturated rings. The summed E-state index contributed by atoms with van der Waals surface area (Å²) in [6, 6.07) is 12.0. The van der Waals surface area contributed by atoms with Crippen molar-refractivity contribution < 1.29 is 14.4 Å². The summed E-state index contributed by atoms with van der Waals surface area (Å²) < 4.78 is 10.5. The molecule has 0 amide bonds. The molecule has 0 spiro atoms. The number of methoxy groups -OCH3 is 2. The van der Waals surface area contributed by atoms with Gasteiger partial charge in [-0.2, -0.15) is 5.26 Å². The minimum absolute atomic E-state index is 0.0520. The first kappa shape index (κ1) is 14.3. The summed E-state index contributed by atoms with van der Waals surface area (Å²) in [4.78, 5) is 10.6. The third-order valence-corrected chi connectivity index (χ3v) is 3.02. The number of nitrogens with zero attached hydrogens (tertiary/aromatic N) is 2. The Morgan fingerprint density at radius 1 is 1.19 bits per heavy atom. The maximum atomic E-state index is 11.2. The summed E-state index contributed by atoms with van der Waals surface area (Å²) >= 11 is 0. The van der Waals surface area contributed by atoms with Crippen molar-refractivity contribution in [2.75, 3.05) is 14.2 Å². The van der Waals surface area contributed by atoms with Gasteiger partial charge in [-0.25, -0.2) is 0 Å². The van der Waals surface area contributed by atoms with E-state index < -0.39 is 4.92 Å². The number of benzene rings is 2. The summed E-state index contributed by atoms with van der Waals surface area (Å²) in [5.74, 6) is 0.507. The molecule has 106 valence electrons. The van der Waals surface area contributed by atoms with E-state index in [1.165, 1.54) is 20.3 Å². The molecule has 2 aromatic rings. The second-order valence-corrected chi connectivity index (χ2v) is 4.12. The largest absolute Gasteiger partial charge is 0.493 e. The SMILES string of the molecule is COc1cc([N+](=O)[O-])c(C#N)c(-c2ccccc2)c1OC. The Morgan fingerprint density at radius 2 is 1.86 bits per heavy atom. The molecule has 0 radical (unpaired) electrons. The fraction of sp³-hybridized carbons (Fsp3) is 0.133. The summed E-state index contributed by atoms with van der Waals surface area (Å²) in [7, 11) is 2.82. The van der Waals surface area contributed by atoms with Crippen molar-refractivity contribution in [3.8, 4) is 28.7 Å². The third kappa shape index (κ3) is 2.49. The lowest BCUT2D eigenvalue weighted by Gasteiger charge is -2.14. The van der Waals surface area contributed by atoms with E-state index >= 15 is 0 Å². The molecule has 0 heterocycles. The van der Waals surface area contributed by atoms with Crippen molar-refractivity contribution >= 4 is 5.69 Å². The van der Waals surface area contributed by atoms with E-state index in [0.717, 1.165) is 0 Å². The number of nitro groups is 1. The Labute approximate surface area is 121 Å². The van der Waals surface area contributed by atoms with Crippen LogP contribution < -0.4 is 9.47 Å². The molecule has 0 saturated carbocycles. The van der Waals surface area contributed by atoms with Crippen molar-refractivity contribution in [2.45, 2.75) is 0 Å². The van der Waals surface area contributed by atoms with Crippen LogP contribution in [0.2, 0.25) is 0 Å². The van der Waals surface area contributed by atoms with Crippen LogP contribution in [0.5, 0.6) is 11.5 Å². The second kappa shape index (κ2) is 5.92. The Morgan fingerprint density at radius 3 is 2.33 bits per heavy atom. The van der Waals surface area contributed by atoms with Gasteiger partial charge in [-0.05, 0) is 5.56 Å². The normalized spacial score (nSPS) is 9.76. The maximum Gasteiger partial charge on any atom is 0.291 e. The zero-order valence-electron chi connectivity index (χ0n) is 11.5. The number of hydrogen-bond acceptors (Lipinski definition) is 5. The number of ether oxygens (including phenoxy) is 2. The first-order valence-corrected chi connectivity index (χ1v) is 6.03. The first-order valence-electron chi connectivity index (χ1n) is 6.03. The van der Waals surface area contributed by atoms with Gasteiger partial charge in [0.1, 0.15) is 11.6 Å². The van der Waals surface area contributed by atoms with Gasteiger partial charge in [0, 0.05) is 0 Å². The summed E-state index contributed by atoms with van der Waals surface area (Å²) in [6.07, 6.45) is 0. The highest BCUT2D eigenvalue weighted by atomic mass is 16.6. The summed E-state index contributed by atoms with van der Waals surface area (Å²) in [5, 5.41) is 20.5. The van der Waals surface area contributed by atoms with Crippen LogP contribution in [0.15, 0.2) is 36.4 Å². The molecule has 0 aliphatic rings. The molecule has 0 N–H and O–H groups in total. The van der Waals surface area contributed by atoms with E-state index in [-0.39, 0.29) is 17.0 Å². The van der Waals surface area contributed by atoms with Crippen molar-refractivity contribution in [3.05, 3.63) is 52.1 Å². The number of nitriles is 1. The standard InChI is InChI=1S/C15H12N2O4/c1-20-13-8-12(17(18)19)11(9-16)14(15(13)21-2)10-6-4-3-5-7-10/h3-8H,1-2H3. The Hall–Kier alpha value is -3.07. The van der Waals surface area contributed by atoms with Crippen LogP contribution in [0.3, 0.4) is 0 Å².